The number of halogens is 3. The molecule has 0 fully saturated rings. The van der Waals surface area contributed by atoms with Crippen LogP contribution < -0.4 is 14.8 Å². The van der Waals surface area contributed by atoms with E-state index in [4.69, 9.17) is 4.74 Å². The first-order valence-corrected chi connectivity index (χ1v) is 8.33. The molecule has 7 nitrogen and oxygen atoms in total. The highest BCUT2D eigenvalue weighted by molar-refractivity contribution is 6.04. The molecule has 0 spiro atoms. The molecule has 0 saturated carbocycles. The number of carbonyl (C=O) groups excluding carboxylic acids is 1. The second kappa shape index (κ2) is 8.55. The molecule has 3 aromatic rings. The predicted molar refractivity (Wildman–Crippen MR) is 97.0 cm³/mol. The normalized spacial score (nSPS) is 11.0. The van der Waals surface area contributed by atoms with Gasteiger partial charge in [-0.15, -0.1) is 0 Å². The molecule has 1 aromatic carbocycles. The van der Waals surface area contributed by atoms with Gasteiger partial charge in [0, 0.05) is 30.3 Å². The van der Waals surface area contributed by atoms with Crippen LogP contribution >= 0.6 is 0 Å². The average molecular weight is 404 g/mol. The Bertz CT molecular complexity index is 980. The summed E-state index contributed by atoms with van der Waals surface area (Å²) in [6.45, 7) is 0.327. The molecule has 0 aliphatic heterocycles. The van der Waals surface area contributed by atoms with Crippen LogP contribution in [0.5, 0.6) is 17.6 Å². The third-order valence-corrected chi connectivity index (χ3v) is 3.58. The number of ether oxygens (including phenoxy) is 2. The molecule has 0 saturated heterocycles. The van der Waals surface area contributed by atoms with E-state index in [0.29, 0.717) is 11.4 Å². The van der Waals surface area contributed by atoms with Gasteiger partial charge in [0.2, 0.25) is 5.88 Å². The van der Waals surface area contributed by atoms with Gasteiger partial charge in [-0.2, -0.15) is 13.2 Å². The summed E-state index contributed by atoms with van der Waals surface area (Å²) in [6.07, 6.45) is -0.215. The largest absolute Gasteiger partial charge is 0.468 e. The number of hydrogen-bond donors (Lipinski definition) is 1. The van der Waals surface area contributed by atoms with Crippen molar-refractivity contribution in [2.24, 2.45) is 0 Å². The number of rotatable bonds is 6. The maximum Gasteiger partial charge on any atom is 0.422 e. The Balaban J connectivity index is 1.62. The minimum Gasteiger partial charge on any atom is -0.468 e. The lowest BCUT2D eigenvalue weighted by molar-refractivity contribution is -0.154. The number of anilines is 1. The third kappa shape index (κ3) is 5.89. The Hall–Kier alpha value is -3.69. The minimum atomic E-state index is -4.46. The molecule has 0 bridgehead atoms. The Morgan fingerprint density at radius 2 is 1.86 bits per heavy atom. The summed E-state index contributed by atoms with van der Waals surface area (Å²) in [5.41, 5.74) is 1.43. The van der Waals surface area contributed by atoms with Crippen LogP contribution in [0, 0.1) is 6.92 Å². The van der Waals surface area contributed by atoms with Gasteiger partial charge in [0.05, 0.1) is 5.56 Å². The smallest absolute Gasteiger partial charge is 0.422 e. The number of pyridine rings is 1. The van der Waals surface area contributed by atoms with Gasteiger partial charge < -0.3 is 14.8 Å². The number of aromatic nitrogens is 3. The summed E-state index contributed by atoms with van der Waals surface area (Å²) >= 11 is 0. The van der Waals surface area contributed by atoms with Gasteiger partial charge in [0.15, 0.2) is 6.61 Å². The molecule has 0 atom stereocenters. The van der Waals surface area contributed by atoms with Crippen molar-refractivity contribution in [2.75, 3.05) is 11.9 Å². The van der Waals surface area contributed by atoms with Crippen molar-refractivity contribution in [2.45, 2.75) is 13.1 Å². The molecule has 0 aliphatic rings. The maximum absolute atomic E-state index is 12.3. The molecule has 0 radical (unpaired) electrons. The van der Waals surface area contributed by atoms with Crippen molar-refractivity contribution in [1.29, 1.82) is 0 Å². The van der Waals surface area contributed by atoms with Gasteiger partial charge in [0.1, 0.15) is 5.75 Å². The Kier molecular flexibility index (Phi) is 5.91. The fourth-order valence-corrected chi connectivity index (χ4v) is 2.23. The quantitative estimate of drug-likeness (QED) is 0.664. The van der Waals surface area contributed by atoms with Crippen molar-refractivity contribution in [3.05, 3.63) is 66.1 Å². The van der Waals surface area contributed by atoms with E-state index in [0.717, 1.165) is 11.8 Å². The SMILES string of the molecule is Cc1cc(Oc2ncccn2)ccc1NC(=O)c1ccc(OCC(F)(F)F)nc1. The van der Waals surface area contributed by atoms with E-state index >= 15 is 0 Å². The number of hydrogen-bond acceptors (Lipinski definition) is 6. The van der Waals surface area contributed by atoms with Gasteiger partial charge in [-0.25, -0.2) is 15.0 Å². The third-order valence-electron chi connectivity index (χ3n) is 3.58. The summed E-state index contributed by atoms with van der Waals surface area (Å²) in [5.74, 6) is -0.192. The van der Waals surface area contributed by atoms with E-state index in [-0.39, 0.29) is 17.5 Å². The number of benzene rings is 1. The van der Waals surface area contributed by atoms with Crippen molar-refractivity contribution in [1.82, 2.24) is 15.0 Å². The van der Waals surface area contributed by atoms with Crippen molar-refractivity contribution in [3.63, 3.8) is 0 Å². The van der Waals surface area contributed by atoms with Crippen molar-refractivity contribution >= 4 is 11.6 Å². The number of aryl methyl sites for hydroxylation is 1. The highest BCUT2D eigenvalue weighted by atomic mass is 19.4. The predicted octanol–water partition coefficient (Wildman–Crippen LogP) is 4.17. The molecule has 1 amide bonds. The molecule has 29 heavy (non-hydrogen) atoms. The molecule has 2 aromatic heterocycles. The summed E-state index contributed by atoms with van der Waals surface area (Å²) in [5, 5.41) is 2.71. The van der Waals surface area contributed by atoms with Crippen LogP contribution in [0.15, 0.2) is 55.0 Å². The average Bonchev–Trinajstić information content (AvgIpc) is 2.69. The minimum absolute atomic E-state index is 0.168. The van der Waals surface area contributed by atoms with Gasteiger partial charge in [-0.05, 0) is 42.8 Å². The van der Waals surface area contributed by atoms with Gasteiger partial charge in [0.25, 0.3) is 5.91 Å². The van der Waals surface area contributed by atoms with Crippen LogP contribution in [-0.2, 0) is 0 Å². The molecule has 0 unspecified atom stereocenters. The molecule has 2 heterocycles. The standard InChI is InChI=1S/C19H15F3N4O3/c1-12-9-14(29-18-23-7-2-8-24-18)4-5-15(12)26-17(27)13-3-6-16(25-10-13)28-11-19(20,21)22/h2-10H,11H2,1H3,(H,26,27). The van der Waals surface area contributed by atoms with E-state index in [9.17, 15) is 18.0 Å². The number of amides is 1. The zero-order valence-corrected chi connectivity index (χ0v) is 15.1. The van der Waals surface area contributed by atoms with Crippen molar-refractivity contribution < 1.29 is 27.4 Å². The molecular weight excluding hydrogens is 389 g/mol. The van der Waals surface area contributed by atoms with E-state index in [1.807, 2.05) is 0 Å². The lowest BCUT2D eigenvalue weighted by Gasteiger charge is -2.11. The molecule has 1 N–H and O–H groups in total. The van der Waals surface area contributed by atoms with E-state index < -0.39 is 18.7 Å². The van der Waals surface area contributed by atoms with Gasteiger partial charge >= 0.3 is 12.2 Å². The Labute approximate surface area is 163 Å². The number of nitrogens with one attached hydrogen (secondary N) is 1. The van der Waals surface area contributed by atoms with E-state index in [2.05, 4.69) is 25.0 Å². The molecule has 10 heteroatoms. The monoisotopic (exact) mass is 404 g/mol. The summed E-state index contributed by atoms with van der Waals surface area (Å²) in [6, 6.07) is 9.39. The first-order chi connectivity index (χ1) is 13.8. The van der Waals surface area contributed by atoms with Crippen molar-refractivity contribution in [3.8, 4) is 17.6 Å². The lowest BCUT2D eigenvalue weighted by atomic mass is 10.1. The van der Waals surface area contributed by atoms with Crippen LogP contribution in [-0.4, -0.2) is 33.6 Å². The topological polar surface area (TPSA) is 86.2 Å². The second-order valence-electron chi connectivity index (χ2n) is 5.85. The molecule has 150 valence electrons. The number of alkyl halides is 3. The fourth-order valence-electron chi connectivity index (χ4n) is 2.23. The Morgan fingerprint density at radius 1 is 1.10 bits per heavy atom. The van der Waals surface area contributed by atoms with Crippen LogP contribution in [0.4, 0.5) is 18.9 Å². The summed E-state index contributed by atoms with van der Waals surface area (Å²) in [7, 11) is 0. The number of nitrogens with zero attached hydrogens (tertiary/aromatic N) is 3. The highest BCUT2D eigenvalue weighted by Gasteiger charge is 2.28. The van der Waals surface area contributed by atoms with E-state index in [1.54, 1.807) is 43.6 Å². The zero-order valence-electron chi connectivity index (χ0n) is 15.1. The number of carbonyl (C=O) groups is 1. The molecule has 0 aliphatic carbocycles. The Morgan fingerprint density at radius 3 is 2.48 bits per heavy atom. The van der Waals surface area contributed by atoms with Gasteiger partial charge in [-0.1, -0.05) is 0 Å². The van der Waals surface area contributed by atoms with Crippen LogP contribution in [0.25, 0.3) is 0 Å². The van der Waals surface area contributed by atoms with Gasteiger partial charge in [-0.3, -0.25) is 4.79 Å². The second-order valence-corrected chi connectivity index (χ2v) is 5.85. The maximum atomic E-state index is 12.3. The molecule has 3 rings (SSSR count). The fraction of sp³-hybridized carbons (Fsp3) is 0.158. The zero-order chi connectivity index (χ0) is 20.9. The summed E-state index contributed by atoms with van der Waals surface area (Å²) in [4.78, 5) is 24.0. The highest BCUT2D eigenvalue weighted by Crippen LogP contribution is 2.25. The first kappa shape index (κ1) is 20.1. The molecular formula is C19H15F3N4O3. The van der Waals surface area contributed by atoms with Crippen LogP contribution in [0.2, 0.25) is 0 Å². The first-order valence-electron chi connectivity index (χ1n) is 8.33. The van der Waals surface area contributed by atoms with Crippen LogP contribution in [0.3, 0.4) is 0 Å². The summed E-state index contributed by atoms with van der Waals surface area (Å²) < 4.78 is 46.5. The lowest BCUT2D eigenvalue weighted by Crippen LogP contribution is -2.19. The van der Waals surface area contributed by atoms with E-state index in [1.165, 1.54) is 12.1 Å². The van der Waals surface area contributed by atoms with Crippen LogP contribution in [0.1, 0.15) is 15.9 Å².